The monoisotopic (exact) mass is 394 g/mol. The van der Waals surface area contributed by atoms with Gasteiger partial charge in [-0.25, -0.2) is 8.42 Å². The highest BCUT2D eigenvalue weighted by Gasteiger charge is 2.36. The second-order valence-electron chi connectivity index (χ2n) is 7.96. The van der Waals surface area contributed by atoms with Crippen LogP contribution in [0.5, 0.6) is 0 Å². The SMILES string of the molecule is CC1CN(S(=O)(=O)c2ccc3c(c2)CC(=O)N3)CC(C)N1CCCN(C)C. The van der Waals surface area contributed by atoms with Gasteiger partial charge in [0, 0.05) is 37.4 Å². The summed E-state index contributed by atoms with van der Waals surface area (Å²) in [6.07, 6.45) is 1.31. The molecular weight excluding hydrogens is 364 g/mol. The van der Waals surface area contributed by atoms with Crippen molar-refractivity contribution in [1.29, 1.82) is 0 Å². The fourth-order valence-electron chi connectivity index (χ4n) is 4.03. The molecule has 2 heterocycles. The molecule has 2 aliphatic rings. The number of benzene rings is 1. The average Bonchev–Trinajstić information content (AvgIpc) is 2.95. The van der Waals surface area contributed by atoms with Gasteiger partial charge in [0.15, 0.2) is 0 Å². The maximum atomic E-state index is 13.2. The normalized spacial score (nSPS) is 24.3. The molecule has 0 aromatic heterocycles. The van der Waals surface area contributed by atoms with Crippen LogP contribution in [0, 0.1) is 0 Å². The van der Waals surface area contributed by atoms with Gasteiger partial charge in [-0.2, -0.15) is 4.31 Å². The number of fused-ring (bicyclic) bond motifs is 1. The smallest absolute Gasteiger partial charge is 0.243 e. The molecule has 2 atom stereocenters. The molecule has 1 fully saturated rings. The molecule has 2 aliphatic heterocycles. The molecule has 0 bridgehead atoms. The number of nitrogens with one attached hydrogen (secondary N) is 1. The van der Waals surface area contributed by atoms with Crippen molar-refractivity contribution in [3.63, 3.8) is 0 Å². The second-order valence-corrected chi connectivity index (χ2v) is 9.90. The van der Waals surface area contributed by atoms with E-state index in [1.54, 1.807) is 22.5 Å². The average molecular weight is 395 g/mol. The number of amides is 1. The van der Waals surface area contributed by atoms with Crippen molar-refractivity contribution >= 4 is 21.6 Å². The minimum Gasteiger partial charge on any atom is -0.326 e. The summed E-state index contributed by atoms with van der Waals surface area (Å²) in [4.78, 5) is 16.4. The van der Waals surface area contributed by atoms with Crippen molar-refractivity contribution in [2.45, 2.75) is 43.7 Å². The number of piperazine rings is 1. The Balaban J connectivity index is 1.72. The van der Waals surface area contributed by atoms with E-state index in [-0.39, 0.29) is 29.3 Å². The number of sulfonamides is 1. The molecule has 0 saturated carbocycles. The fourth-order valence-corrected chi connectivity index (χ4v) is 5.68. The van der Waals surface area contributed by atoms with E-state index in [1.807, 2.05) is 0 Å². The van der Waals surface area contributed by atoms with Crippen LogP contribution in [0.4, 0.5) is 5.69 Å². The Kier molecular flexibility index (Phi) is 5.90. The van der Waals surface area contributed by atoms with Crippen molar-refractivity contribution in [2.75, 3.05) is 45.6 Å². The van der Waals surface area contributed by atoms with Crippen molar-refractivity contribution in [1.82, 2.24) is 14.1 Å². The first-order valence-corrected chi connectivity index (χ1v) is 11.0. The Bertz CT molecular complexity index is 797. The summed E-state index contributed by atoms with van der Waals surface area (Å²) in [5.74, 6) is -0.0897. The lowest BCUT2D eigenvalue weighted by molar-refractivity contribution is -0.115. The van der Waals surface area contributed by atoms with E-state index < -0.39 is 10.0 Å². The largest absolute Gasteiger partial charge is 0.326 e. The van der Waals surface area contributed by atoms with Gasteiger partial charge in [-0.1, -0.05) is 0 Å². The molecule has 0 spiro atoms. The number of carbonyl (C=O) groups is 1. The highest BCUT2D eigenvalue weighted by Crippen LogP contribution is 2.29. The van der Waals surface area contributed by atoms with Crippen LogP contribution in [0.1, 0.15) is 25.8 Å². The van der Waals surface area contributed by atoms with Gasteiger partial charge in [-0.15, -0.1) is 0 Å². The predicted molar refractivity (Wildman–Crippen MR) is 106 cm³/mol. The molecule has 2 unspecified atom stereocenters. The maximum absolute atomic E-state index is 13.2. The summed E-state index contributed by atoms with van der Waals surface area (Å²) in [6.45, 7) is 7.17. The fraction of sp³-hybridized carbons (Fsp3) is 0.632. The number of carbonyl (C=O) groups excluding carboxylic acids is 1. The van der Waals surface area contributed by atoms with Crippen molar-refractivity contribution in [3.05, 3.63) is 23.8 Å². The van der Waals surface area contributed by atoms with E-state index in [0.29, 0.717) is 18.8 Å². The van der Waals surface area contributed by atoms with Crippen LogP contribution < -0.4 is 5.32 Å². The van der Waals surface area contributed by atoms with Crippen LogP contribution in [0.2, 0.25) is 0 Å². The van der Waals surface area contributed by atoms with Gasteiger partial charge in [0.2, 0.25) is 15.9 Å². The molecule has 3 rings (SSSR count). The quantitative estimate of drug-likeness (QED) is 0.785. The third-order valence-corrected chi connectivity index (χ3v) is 7.26. The van der Waals surface area contributed by atoms with E-state index in [9.17, 15) is 13.2 Å². The molecule has 0 radical (unpaired) electrons. The van der Waals surface area contributed by atoms with Gasteiger partial charge >= 0.3 is 0 Å². The standard InChI is InChI=1S/C19H30N4O3S/c1-14-12-22(13-15(2)23(14)9-5-8-21(3)4)27(25,26)17-6-7-18-16(10-17)11-19(24)20-18/h6-7,10,14-15H,5,8-9,11-13H2,1-4H3,(H,20,24). The van der Waals surface area contributed by atoms with E-state index >= 15 is 0 Å². The van der Waals surface area contributed by atoms with Crippen LogP contribution in [-0.4, -0.2) is 80.8 Å². The molecule has 1 N–H and O–H groups in total. The molecule has 1 aromatic carbocycles. The van der Waals surface area contributed by atoms with Gasteiger partial charge in [-0.05, 0) is 64.7 Å². The molecule has 8 heteroatoms. The minimum atomic E-state index is -3.56. The zero-order chi connectivity index (χ0) is 19.8. The van der Waals surface area contributed by atoms with Gasteiger partial charge in [0.25, 0.3) is 0 Å². The van der Waals surface area contributed by atoms with E-state index in [4.69, 9.17) is 0 Å². The lowest BCUT2D eigenvalue weighted by Crippen LogP contribution is -2.58. The zero-order valence-electron chi connectivity index (χ0n) is 16.6. The summed E-state index contributed by atoms with van der Waals surface area (Å²) < 4.78 is 27.9. The van der Waals surface area contributed by atoms with Crippen LogP contribution in [0.15, 0.2) is 23.1 Å². The van der Waals surface area contributed by atoms with Gasteiger partial charge in [-0.3, -0.25) is 9.69 Å². The molecule has 1 amide bonds. The number of nitrogens with zero attached hydrogens (tertiary/aromatic N) is 3. The number of anilines is 1. The first-order chi connectivity index (χ1) is 12.7. The Morgan fingerprint density at radius 3 is 2.48 bits per heavy atom. The van der Waals surface area contributed by atoms with Crippen LogP contribution in [0.25, 0.3) is 0 Å². The topological polar surface area (TPSA) is 73.0 Å². The summed E-state index contributed by atoms with van der Waals surface area (Å²) >= 11 is 0. The number of hydrogen-bond acceptors (Lipinski definition) is 5. The van der Waals surface area contributed by atoms with Gasteiger partial charge in [0.05, 0.1) is 11.3 Å². The van der Waals surface area contributed by atoms with Crippen LogP contribution in [0.3, 0.4) is 0 Å². The molecule has 1 saturated heterocycles. The van der Waals surface area contributed by atoms with E-state index in [0.717, 1.165) is 25.1 Å². The van der Waals surface area contributed by atoms with Crippen molar-refractivity contribution < 1.29 is 13.2 Å². The Labute approximate surface area is 162 Å². The van der Waals surface area contributed by atoms with Gasteiger partial charge < -0.3 is 10.2 Å². The molecule has 0 aliphatic carbocycles. The summed E-state index contributed by atoms with van der Waals surface area (Å²) in [7, 11) is 0.568. The third-order valence-electron chi connectivity index (χ3n) is 5.43. The number of hydrogen-bond donors (Lipinski definition) is 1. The molecule has 27 heavy (non-hydrogen) atoms. The van der Waals surface area contributed by atoms with E-state index in [1.165, 1.54) is 0 Å². The maximum Gasteiger partial charge on any atom is 0.243 e. The van der Waals surface area contributed by atoms with Gasteiger partial charge in [0.1, 0.15) is 0 Å². The second kappa shape index (κ2) is 7.87. The summed E-state index contributed by atoms with van der Waals surface area (Å²) in [5, 5.41) is 2.75. The van der Waals surface area contributed by atoms with Crippen molar-refractivity contribution in [2.24, 2.45) is 0 Å². The summed E-state index contributed by atoms with van der Waals surface area (Å²) in [6, 6.07) is 5.27. The zero-order valence-corrected chi connectivity index (χ0v) is 17.4. The molecule has 150 valence electrons. The Hall–Kier alpha value is -1.48. The van der Waals surface area contributed by atoms with Crippen LogP contribution in [-0.2, 0) is 21.2 Å². The molecule has 1 aromatic rings. The Morgan fingerprint density at radius 1 is 1.19 bits per heavy atom. The number of rotatable bonds is 6. The summed E-state index contributed by atoms with van der Waals surface area (Å²) in [5.41, 5.74) is 1.47. The third kappa shape index (κ3) is 4.34. The van der Waals surface area contributed by atoms with E-state index in [2.05, 4.69) is 43.1 Å². The van der Waals surface area contributed by atoms with Crippen molar-refractivity contribution in [3.8, 4) is 0 Å². The lowest BCUT2D eigenvalue weighted by atomic mass is 10.1. The first kappa shape index (κ1) is 20.3. The lowest BCUT2D eigenvalue weighted by Gasteiger charge is -2.44. The minimum absolute atomic E-state index is 0.0897. The first-order valence-electron chi connectivity index (χ1n) is 9.52. The highest BCUT2D eigenvalue weighted by molar-refractivity contribution is 7.89. The molecular formula is C19H30N4O3S. The van der Waals surface area contributed by atoms with Crippen LogP contribution >= 0.6 is 0 Å². The predicted octanol–water partition coefficient (Wildman–Crippen LogP) is 1.22. The Morgan fingerprint density at radius 2 is 1.85 bits per heavy atom. The molecule has 7 nitrogen and oxygen atoms in total. The highest BCUT2D eigenvalue weighted by atomic mass is 32.2.